The number of methoxy groups -OCH3 is 1. The quantitative estimate of drug-likeness (QED) is 0.297. The SMILES string of the molecule is CNC1(CCOC)N=C(Nc2ccc(C(F)(F)F)cc2)C2=C(CCN(c3ncccc3C(F)(F)F)CC2)N1.O=C(O)C(F)(F)F. The van der Waals surface area contributed by atoms with Gasteiger partial charge >= 0.3 is 24.5 Å². The van der Waals surface area contributed by atoms with E-state index in [1.165, 1.54) is 24.4 Å². The molecule has 2 aromatic rings. The first-order chi connectivity index (χ1) is 20.9. The Morgan fingerprint density at radius 2 is 1.64 bits per heavy atom. The van der Waals surface area contributed by atoms with Gasteiger partial charge in [0.1, 0.15) is 11.7 Å². The molecule has 0 fully saturated rings. The summed E-state index contributed by atoms with van der Waals surface area (Å²) in [5, 5.41) is 16.8. The second-order valence-corrected chi connectivity index (χ2v) is 9.76. The Kier molecular flexibility index (Phi) is 11.0. The van der Waals surface area contributed by atoms with E-state index in [2.05, 4.69) is 20.9 Å². The van der Waals surface area contributed by atoms with Crippen LogP contribution in [0.3, 0.4) is 0 Å². The second kappa shape index (κ2) is 13.9. The fourth-order valence-electron chi connectivity index (χ4n) is 4.52. The maximum Gasteiger partial charge on any atom is 0.490 e. The van der Waals surface area contributed by atoms with Gasteiger partial charge in [0.2, 0.25) is 0 Å². The number of aliphatic imine (C=N–C) groups is 1. The molecule has 4 N–H and O–H groups in total. The zero-order valence-corrected chi connectivity index (χ0v) is 23.8. The van der Waals surface area contributed by atoms with Gasteiger partial charge in [-0.3, -0.25) is 5.32 Å². The maximum atomic E-state index is 13.7. The number of halogens is 9. The number of carboxylic acid groups (broad SMARTS) is 1. The normalized spacial score (nSPS) is 19.0. The molecule has 248 valence electrons. The number of carboxylic acids is 1. The maximum absolute atomic E-state index is 13.7. The van der Waals surface area contributed by atoms with Crippen LogP contribution in [0.15, 0.2) is 58.9 Å². The van der Waals surface area contributed by atoms with E-state index in [9.17, 15) is 39.5 Å². The Labute approximate surface area is 251 Å². The van der Waals surface area contributed by atoms with Crippen LogP contribution in [-0.4, -0.2) is 67.7 Å². The molecule has 0 spiro atoms. The van der Waals surface area contributed by atoms with Crippen molar-refractivity contribution in [1.29, 1.82) is 0 Å². The van der Waals surface area contributed by atoms with Crippen molar-refractivity contribution in [3.8, 4) is 0 Å². The summed E-state index contributed by atoms with van der Waals surface area (Å²) in [5.41, 5.74) is 0.314. The van der Waals surface area contributed by atoms with E-state index in [0.29, 0.717) is 37.4 Å². The summed E-state index contributed by atoms with van der Waals surface area (Å²) in [7, 11) is 3.26. The Bertz CT molecular complexity index is 1390. The predicted octanol–water partition coefficient (Wildman–Crippen LogP) is 5.63. The zero-order valence-electron chi connectivity index (χ0n) is 23.8. The number of pyridine rings is 1. The fraction of sp³-hybridized carbons (Fsp3) is 0.444. The van der Waals surface area contributed by atoms with Crippen molar-refractivity contribution in [3.05, 3.63) is 65.0 Å². The number of aromatic nitrogens is 1. The number of carbonyl (C=O) groups is 1. The van der Waals surface area contributed by atoms with Crippen LogP contribution < -0.4 is 20.9 Å². The van der Waals surface area contributed by atoms with Crippen LogP contribution in [0.2, 0.25) is 0 Å². The van der Waals surface area contributed by atoms with Crippen molar-refractivity contribution < 1.29 is 54.2 Å². The average molecular weight is 657 g/mol. The van der Waals surface area contributed by atoms with Crippen LogP contribution in [0, 0.1) is 0 Å². The number of nitrogens with one attached hydrogen (secondary N) is 3. The molecule has 9 nitrogen and oxygen atoms in total. The largest absolute Gasteiger partial charge is 0.490 e. The molecule has 0 bridgehead atoms. The molecular weight excluding hydrogens is 627 g/mol. The first-order valence-corrected chi connectivity index (χ1v) is 13.2. The van der Waals surface area contributed by atoms with Gasteiger partial charge in [-0.05, 0) is 49.9 Å². The molecule has 0 saturated heterocycles. The molecule has 2 aliphatic heterocycles. The van der Waals surface area contributed by atoms with Crippen LogP contribution in [0.5, 0.6) is 0 Å². The molecule has 1 aromatic carbocycles. The van der Waals surface area contributed by atoms with Gasteiger partial charge in [0.15, 0.2) is 5.79 Å². The Balaban J connectivity index is 0.000000707. The highest BCUT2D eigenvalue weighted by molar-refractivity contribution is 6.09. The molecular formula is C27H29F9N6O3. The first-order valence-electron chi connectivity index (χ1n) is 13.2. The van der Waals surface area contributed by atoms with Gasteiger partial charge in [-0.15, -0.1) is 0 Å². The van der Waals surface area contributed by atoms with Crippen LogP contribution in [0.4, 0.5) is 51.0 Å². The molecule has 1 atom stereocenters. The van der Waals surface area contributed by atoms with E-state index in [4.69, 9.17) is 19.6 Å². The molecule has 0 amide bonds. The topological polar surface area (TPSA) is 111 Å². The summed E-state index contributed by atoms with van der Waals surface area (Å²) >= 11 is 0. The van der Waals surface area contributed by atoms with Gasteiger partial charge in [-0.1, -0.05) is 0 Å². The van der Waals surface area contributed by atoms with Gasteiger partial charge in [0.25, 0.3) is 0 Å². The standard InChI is InChI=1S/C25H28F6N6O.C2HF3O2/c1-32-23(11-15-38-2)35-20-10-14-37(22-19(25(29,30)31)4-3-12-33-22)13-9-18(20)21(36-23)34-17-7-5-16(6-8-17)24(26,27)28;3-2(4,5)1(6)7/h3-8,12,32,35H,9-11,13-15H2,1-2H3,(H,34,36);(H,6,7). The number of rotatable bonds is 6. The number of benzene rings is 1. The van der Waals surface area contributed by atoms with E-state index in [1.54, 1.807) is 19.1 Å². The Hall–Kier alpha value is -4.06. The minimum atomic E-state index is -5.08. The minimum absolute atomic E-state index is 0.145. The van der Waals surface area contributed by atoms with Gasteiger partial charge in [0, 0.05) is 56.2 Å². The second-order valence-electron chi connectivity index (χ2n) is 9.76. The molecule has 0 aliphatic carbocycles. The van der Waals surface area contributed by atoms with E-state index in [1.807, 2.05) is 0 Å². The number of alkyl halides is 9. The molecule has 1 unspecified atom stereocenters. The van der Waals surface area contributed by atoms with Gasteiger partial charge < -0.3 is 25.4 Å². The van der Waals surface area contributed by atoms with Crippen LogP contribution in [0.25, 0.3) is 0 Å². The first kappa shape index (κ1) is 35.4. The highest BCUT2D eigenvalue weighted by Gasteiger charge is 2.39. The number of ether oxygens (including phenoxy) is 1. The van der Waals surface area contributed by atoms with E-state index >= 15 is 0 Å². The molecule has 3 heterocycles. The monoisotopic (exact) mass is 656 g/mol. The third kappa shape index (κ3) is 9.23. The molecule has 0 saturated carbocycles. The number of hydrogen-bond donors (Lipinski definition) is 4. The number of amidine groups is 1. The summed E-state index contributed by atoms with van der Waals surface area (Å²) in [6, 6.07) is 6.85. The lowest BCUT2D eigenvalue weighted by Crippen LogP contribution is -2.57. The Morgan fingerprint density at radius 3 is 2.18 bits per heavy atom. The van der Waals surface area contributed by atoms with Gasteiger partial charge in [-0.2, -0.15) is 39.5 Å². The molecule has 4 rings (SSSR count). The van der Waals surface area contributed by atoms with Crippen molar-refractivity contribution in [2.24, 2.45) is 4.99 Å². The van der Waals surface area contributed by atoms with Crippen LogP contribution >= 0.6 is 0 Å². The highest BCUT2D eigenvalue weighted by atomic mass is 19.4. The van der Waals surface area contributed by atoms with Crippen molar-refractivity contribution in [1.82, 2.24) is 15.6 Å². The molecule has 18 heteroatoms. The summed E-state index contributed by atoms with van der Waals surface area (Å²) in [5.74, 6) is -3.47. The third-order valence-electron chi connectivity index (χ3n) is 6.76. The van der Waals surface area contributed by atoms with Gasteiger partial charge in [-0.25, -0.2) is 14.8 Å². The number of anilines is 2. The molecule has 2 aliphatic rings. The number of aliphatic carboxylic acids is 1. The lowest BCUT2D eigenvalue weighted by molar-refractivity contribution is -0.192. The zero-order chi connectivity index (χ0) is 33.6. The lowest BCUT2D eigenvalue weighted by atomic mass is 10.0. The third-order valence-corrected chi connectivity index (χ3v) is 6.76. The summed E-state index contributed by atoms with van der Waals surface area (Å²) in [6.07, 6.45) is -11.7. The van der Waals surface area contributed by atoms with E-state index in [0.717, 1.165) is 29.5 Å². The number of nitrogens with zero attached hydrogens (tertiary/aromatic N) is 3. The van der Waals surface area contributed by atoms with Gasteiger partial charge in [0.05, 0.1) is 17.7 Å². The summed E-state index contributed by atoms with van der Waals surface area (Å²) in [4.78, 5) is 19.3. The molecule has 1 aromatic heterocycles. The average Bonchev–Trinajstić information content (AvgIpc) is 3.18. The fourth-order valence-corrected chi connectivity index (χ4v) is 4.52. The predicted molar refractivity (Wildman–Crippen MR) is 145 cm³/mol. The van der Waals surface area contributed by atoms with Crippen molar-refractivity contribution in [2.45, 2.75) is 43.6 Å². The van der Waals surface area contributed by atoms with Crippen LogP contribution in [0.1, 0.15) is 30.4 Å². The molecule has 0 radical (unpaired) electrons. The summed E-state index contributed by atoms with van der Waals surface area (Å²) < 4.78 is 117. The van der Waals surface area contributed by atoms with Crippen molar-refractivity contribution >= 4 is 23.3 Å². The summed E-state index contributed by atoms with van der Waals surface area (Å²) in [6.45, 7) is 0.852. The Morgan fingerprint density at radius 1 is 1.02 bits per heavy atom. The van der Waals surface area contributed by atoms with Crippen molar-refractivity contribution in [2.75, 3.05) is 44.1 Å². The van der Waals surface area contributed by atoms with Crippen LogP contribution in [-0.2, 0) is 21.9 Å². The lowest BCUT2D eigenvalue weighted by Gasteiger charge is -2.38. The minimum Gasteiger partial charge on any atom is -0.475 e. The number of hydrogen-bond acceptors (Lipinski definition) is 8. The van der Waals surface area contributed by atoms with E-state index < -0.39 is 41.4 Å². The van der Waals surface area contributed by atoms with E-state index in [-0.39, 0.29) is 18.9 Å². The molecule has 45 heavy (non-hydrogen) atoms. The highest BCUT2D eigenvalue weighted by Crippen LogP contribution is 2.37. The smallest absolute Gasteiger partial charge is 0.475 e. The van der Waals surface area contributed by atoms with Crippen molar-refractivity contribution in [3.63, 3.8) is 0 Å².